The van der Waals surface area contributed by atoms with Gasteiger partial charge in [-0.15, -0.1) is 11.3 Å². The Labute approximate surface area is 158 Å². The van der Waals surface area contributed by atoms with Crippen LogP contribution in [0.15, 0.2) is 42.5 Å². The normalized spacial score (nSPS) is 10.6. The van der Waals surface area contributed by atoms with E-state index in [1.165, 1.54) is 30.6 Å². The zero-order valence-corrected chi connectivity index (χ0v) is 15.4. The number of carbonyl (C=O) groups is 2. The Morgan fingerprint density at radius 1 is 1.19 bits per heavy atom. The van der Waals surface area contributed by atoms with Crippen molar-refractivity contribution in [1.29, 1.82) is 0 Å². The monoisotopic (exact) mass is 385 g/mol. The molecule has 0 spiro atoms. The molecule has 3 rings (SSSR count). The van der Waals surface area contributed by atoms with Gasteiger partial charge < -0.3 is 9.47 Å². The minimum absolute atomic E-state index is 0.104. The maximum Gasteiger partial charge on any atom is 0.342 e. The molecule has 3 aromatic rings. The summed E-state index contributed by atoms with van der Waals surface area (Å²) in [7, 11) is 1.34. The van der Waals surface area contributed by atoms with Gasteiger partial charge in [0.25, 0.3) is 5.69 Å². The highest BCUT2D eigenvalue weighted by atomic mass is 32.1. The third-order valence-corrected chi connectivity index (χ3v) is 5.36. The lowest BCUT2D eigenvalue weighted by atomic mass is 10.1. The highest BCUT2D eigenvalue weighted by molar-refractivity contribution is 7.21. The molecule has 1 aromatic heterocycles. The highest BCUT2D eigenvalue weighted by Crippen LogP contribution is 2.31. The van der Waals surface area contributed by atoms with E-state index in [4.69, 9.17) is 9.47 Å². The van der Waals surface area contributed by atoms with E-state index in [2.05, 4.69) is 0 Å². The van der Waals surface area contributed by atoms with Crippen molar-refractivity contribution >= 4 is 38.9 Å². The number of fused-ring (bicyclic) bond motifs is 1. The maximum atomic E-state index is 12.5. The first-order valence-corrected chi connectivity index (χ1v) is 8.75. The van der Waals surface area contributed by atoms with Crippen LogP contribution in [0.4, 0.5) is 5.69 Å². The van der Waals surface area contributed by atoms with Gasteiger partial charge in [-0.1, -0.05) is 18.2 Å². The first kappa shape index (κ1) is 18.5. The Hall–Kier alpha value is -3.26. The second kappa shape index (κ2) is 7.55. The van der Waals surface area contributed by atoms with Gasteiger partial charge in [-0.3, -0.25) is 14.9 Å². The standard InChI is InChI=1S/C19H15NO6S/c1-11-13-5-3-4-6-17(13)27-18(11)15(21)10-26-19(22)14-9-12(20(23)24)7-8-16(14)25-2/h3-9H,10H2,1-2H3. The lowest BCUT2D eigenvalue weighted by Crippen LogP contribution is -2.15. The fourth-order valence-corrected chi connectivity index (χ4v) is 3.82. The van der Waals surface area contributed by atoms with E-state index in [0.29, 0.717) is 4.88 Å². The number of thiophene rings is 1. The van der Waals surface area contributed by atoms with Crippen LogP contribution >= 0.6 is 11.3 Å². The zero-order valence-electron chi connectivity index (χ0n) is 14.6. The average Bonchev–Trinajstić information content (AvgIpc) is 3.02. The second-order valence-electron chi connectivity index (χ2n) is 5.69. The van der Waals surface area contributed by atoms with Crippen molar-refractivity contribution in [2.75, 3.05) is 13.7 Å². The van der Waals surface area contributed by atoms with Gasteiger partial charge in [-0.2, -0.15) is 0 Å². The molecule has 1 heterocycles. The summed E-state index contributed by atoms with van der Waals surface area (Å²) in [6.45, 7) is 1.38. The molecule has 0 aliphatic heterocycles. The lowest BCUT2D eigenvalue weighted by Gasteiger charge is -2.08. The Bertz CT molecular complexity index is 1060. The average molecular weight is 385 g/mol. The first-order chi connectivity index (χ1) is 12.9. The fraction of sp³-hybridized carbons (Fsp3) is 0.158. The van der Waals surface area contributed by atoms with E-state index in [1.54, 1.807) is 0 Å². The smallest absolute Gasteiger partial charge is 0.342 e. The number of carbonyl (C=O) groups excluding carboxylic acids is 2. The molecule has 0 radical (unpaired) electrons. The second-order valence-corrected chi connectivity index (χ2v) is 6.75. The molecule has 0 fully saturated rings. The Balaban J connectivity index is 1.79. The van der Waals surface area contributed by atoms with E-state index >= 15 is 0 Å². The molecule has 0 saturated carbocycles. The molecule has 0 amide bonds. The third-order valence-electron chi connectivity index (χ3n) is 4.05. The summed E-state index contributed by atoms with van der Waals surface area (Å²) in [5.74, 6) is -1.05. The molecule has 27 heavy (non-hydrogen) atoms. The van der Waals surface area contributed by atoms with Crippen LogP contribution < -0.4 is 4.74 Å². The number of Topliss-reactive ketones (excluding diaryl/α,β-unsaturated/α-hetero) is 1. The number of hydrogen-bond acceptors (Lipinski definition) is 7. The minimum atomic E-state index is -0.859. The molecule has 0 atom stereocenters. The van der Waals surface area contributed by atoms with Gasteiger partial charge in [-0.05, 0) is 30.0 Å². The molecule has 0 aliphatic rings. The fourth-order valence-electron chi connectivity index (χ4n) is 2.68. The molecule has 0 bridgehead atoms. The summed E-state index contributed by atoms with van der Waals surface area (Å²) in [6, 6.07) is 11.2. The van der Waals surface area contributed by atoms with Crippen LogP contribution in [0.1, 0.15) is 25.6 Å². The lowest BCUT2D eigenvalue weighted by molar-refractivity contribution is -0.384. The Morgan fingerprint density at radius 2 is 1.93 bits per heavy atom. The number of hydrogen-bond donors (Lipinski definition) is 0. The van der Waals surface area contributed by atoms with Crippen molar-refractivity contribution in [1.82, 2.24) is 0 Å². The van der Waals surface area contributed by atoms with Crippen LogP contribution in [-0.2, 0) is 4.74 Å². The maximum absolute atomic E-state index is 12.5. The van der Waals surface area contributed by atoms with Crippen molar-refractivity contribution in [2.24, 2.45) is 0 Å². The van der Waals surface area contributed by atoms with Gasteiger partial charge >= 0.3 is 5.97 Å². The van der Waals surface area contributed by atoms with Crippen LogP contribution in [0.5, 0.6) is 5.75 Å². The van der Waals surface area contributed by atoms with E-state index in [-0.39, 0.29) is 22.8 Å². The molecular formula is C19H15NO6S. The number of esters is 1. The summed E-state index contributed by atoms with van der Waals surface area (Å²) in [6.07, 6.45) is 0. The summed E-state index contributed by atoms with van der Waals surface area (Å²) in [5.41, 5.74) is 0.464. The number of aryl methyl sites for hydroxylation is 1. The topological polar surface area (TPSA) is 95.7 Å². The number of nitrogens with zero attached hydrogens (tertiary/aromatic N) is 1. The number of ketones is 1. The number of non-ortho nitro benzene ring substituents is 1. The van der Waals surface area contributed by atoms with E-state index < -0.39 is 17.5 Å². The van der Waals surface area contributed by atoms with Crippen molar-refractivity contribution in [3.63, 3.8) is 0 Å². The van der Waals surface area contributed by atoms with Gasteiger partial charge in [0.2, 0.25) is 5.78 Å². The van der Waals surface area contributed by atoms with E-state index in [1.807, 2.05) is 31.2 Å². The van der Waals surface area contributed by atoms with Crippen molar-refractivity contribution in [3.8, 4) is 5.75 Å². The third kappa shape index (κ3) is 3.65. The molecular weight excluding hydrogens is 370 g/mol. The Kier molecular flexibility index (Phi) is 5.18. The van der Waals surface area contributed by atoms with E-state index in [0.717, 1.165) is 21.7 Å². The van der Waals surface area contributed by atoms with Gasteiger partial charge in [-0.25, -0.2) is 4.79 Å². The summed E-state index contributed by atoms with van der Waals surface area (Å²) < 4.78 is 11.1. The zero-order chi connectivity index (χ0) is 19.6. The Morgan fingerprint density at radius 3 is 2.59 bits per heavy atom. The molecule has 0 unspecified atom stereocenters. The number of nitro benzene ring substituents is 1. The molecule has 0 aliphatic carbocycles. The molecule has 7 nitrogen and oxygen atoms in total. The largest absolute Gasteiger partial charge is 0.496 e. The van der Waals surface area contributed by atoms with Crippen LogP contribution in [0.25, 0.3) is 10.1 Å². The number of methoxy groups -OCH3 is 1. The highest BCUT2D eigenvalue weighted by Gasteiger charge is 2.21. The predicted molar refractivity (Wildman–Crippen MR) is 101 cm³/mol. The number of nitro groups is 1. The van der Waals surface area contributed by atoms with Crippen LogP contribution in [0.3, 0.4) is 0 Å². The van der Waals surface area contributed by atoms with Gasteiger partial charge in [0.05, 0.1) is 16.9 Å². The van der Waals surface area contributed by atoms with Gasteiger partial charge in [0.15, 0.2) is 6.61 Å². The van der Waals surface area contributed by atoms with Crippen molar-refractivity contribution < 1.29 is 24.0 Å². The van der Waals surface area contributed by atoms with Gasteiger partial charge in [0.1, 0.15) is 11.3 Å². The SMILES string of the molecule is COc1ccc([N+](=O)[O-])cc1C(=O)OCC(=O)c1sc2ccccc2c1C. The molecule has 2 aromatic carbocycles. The first-order valence-electron chi connectivity index (χ1n) is 7.93. The van der Waals surface area contributed by atoms with Crippen LogP contribution in [0, 0.1) is 17.0 Å². The summed E-state index contributed by atoms with van der Waals surface area (Å²) in [4.78, 5) is 35.6. The summed E-state index contributed by atoms with van der Waals surface area (Å²) in [5, 5.41) is 11.9. The summed E-state index contributed by atoms with van der Waals surface area (Å²) >= 11 is 1.34. The molecule has 138 valence electrons. The minimum Gasteiger partial charge on any atom is -0.496 e. The molecule has 0 saturated heterocycles. The van der Waals surface area contributed by atoms with Crippen LogP contribution in [0.2, 0.25) is 0 Å². The van der Waals surface area contributed by atoms with Gasteiger partial charge in [0, 0.05) is 16.8 Å². The number of ether oxygens (including phenoxy) is 2. The quantitative estimate of drug-likeness (QED) is 0.273. The molecule has 0 N–H and O–H groups in total. The van der Waals surface area contributed by atoms with Crippen molar-refractivity contribution in [2.45, 2.75) is 6.92 Å². The number of benzene rings is 2. The number of rotatable bonds is 6. The molecule has 8 heteroatoms. The van der Waals surface area contributed by atoms with Crippen molar-refractivity contribution in [3.05, 3.63) is 68.6 Å². The predicted octanol–water partition coefficient (Wildman–Crippen LogP) is 4.17. The van der Waals surface area contributed by atoms with E-state index in [9.17, 15) is 19.7 Å². The van der Waals surface area contributed by atoms with Crippen LogP contribution in [-0.4, -0.2) is 30.4 Å².